The third kappa shape index (κ3) is 7.80. The second-order valence-corrected chi connectivity index (χ2v) is 6.56. The molecule has 1 amide bonds. The summed E-state index contributed by atoms with van der Waals surface area (Å²) in [4.78, 5) is 27.7. The van der Waals surface area contributed by atoms with Crippen molar-refractivity contribution >= 4 is 28.3 Å². The van der Waals surface area contributed by atoms with Gasteiger partial charge in [-0.3, -0.25) is 9.59 Å². The average molecular weight is 410 g/mol. The highest BCUT2D eigenvalue weighted by molar-refractivity contribution is 7.13. The average Bonchev–Trinajstić information content (AvgIpc) is 3.13. The molecule has 10 heteroatoms. The van der Waals surface area contributed by atoms with E-state index in [1.165, 1.54) is 11.3 Å². The summed E-state index contributed by atoms with van der Waals surface area (Å²) in [5, 5.41) is 13.1. The minimum Gasteiger partial charge on any atom is -0.493 e. The van der Waals surface area contributed by atoms with Gasteiger partial charge in [0.15, 0.2) is 16.6 Å². The number of aromatic nitrogens is 1. The Morgan fingerprint density at radius 1 is 1.32 bits per heavy atom. The number of carboxylic acid groups (broad SMARTS) is 1. The summed E-state index contributed by atoms with van der Waals surface area (Å²) in [5.74, 6) is 0.0314. The summed E-state index contributed by atoms with van der Waals surface area (Å²) in [7, 11) is 5.41. The number of rotatable bonds is 8. The fourth-order valence-electron chi connectivity index (χ4n) is 1.96. The highest BCUT2D eigenvalue weighted by Crippen LogP contribution is 2.28. The Balaban J connectivity index is 0.000000892. The van der Waals surface area contributed by atoms with Crippen molar-refractivity contribution in [3.05, 3.63) is 34.8 Å². The lowest BCUT2D eigenvalue weighted by Crippen LogP contribution is -2.23. The highest BCUT2D eigenvalue weighted by Gasteiger charge is 2.12. The van der Waals surface area contributed by atoms with Crippen LogP contribution in [0.5, 0.6) is 11.5 Å². The van der Waals surface area contributed by atoms with Crippen molar-refractivity contribution in [1.82, 2.24) is 10.3 Å². The lowest BCUT2D eigenvalue weighted by molar-refractivity contribution is -0.134. The van der Waals surface area contributed by atoms with Crippen molar-refractivity contribution in [1.29, 1.82) is 0 Å². The van der Waals surface area contributed by atoms with Crippen molar-refractivity contribution in [3.8, 4) is 11.5 Å². The highest BCUT2D eigenvalue weighted by atomic mass is 32.1. The van der Waals surface area contributed by atoms with Gasteiger partial charge in [0.1, 0.15) is 6.61 Å². The zero-order chi connectivity index (χ0) is 21.1. The number of carboxylic acids is 1. The molecule has 0 saturated heterocycles. The smallest absolute Gasteiger partial charge is 0.300 e. The molecule has 0 aliphatic heterocycles. The molecule has 9 nitrogen and oxygen atoms in total. The zero-order valence-corrected chi connectivity index (χ0v) is 17.2. The molecular formula is C18H26N4O5S. The van der Waals surface area contributed by atoms with E-state index in [2.05, 4.69) is 10.3 Å². The molecule has 0 bridgehead atoms. The molecule has 0 fully saturated rings. The number of methoxy groups -OCH3 is 1. The maximum atomic E-state index is 12.3. The molecule has 1 aromatic heterocycles. The normalized spacial score (nSPS) is 9.75. The molecule has 0 radical (unpaired) electrons. The minimum atomic E-state index is -0.833. The van der Waals surface area contributed by atoms with Crippen molar-refractivity contribution < 1.29 is 24.2 Å². The number of nitrogens with zero attached hydrogens (tertiary/aromatic N) is 2. The van der Waals surface area contributed by atoms with Crippen molar-refractivity contribution in [2.75, 3.05) is 39.3 Å². The molecule has 2 aromatic rings. The molecule has 4 N–H and O–H groups in total. The van der Waals surface area contributed by atoms with Crippen LogP contribution in [0.2, 0.25) is 0 Å². The van der Waals surface area contributed by atoms with Crippen LogP contribution in [0.3, 0.4) is 0 Å². The summed E-state index contributed by atoms with van der Waals surface area (Å²) in [6.07, 6.45) is 0. The molecule has 154 valence electrons. The van der Waals surface area contributed by atoms with E-state index in [1.54, 1.807) is 25.3 Å². The van der Waals surface area contributed by atoms with E-state index in [1.807, 2.05) is 24.4 Å². The number of anilines is 1. The molecule has 28 heavy (non-hydrogen) atoms. The molecule has 1 heterocycles. The van der Waals surface area contributed by atoms with Gasteiger partial charge in [-0.1, -0.05) is 0 Å². The largest absolute Gasteiger partial charge is 0.493 e. The SMILES string of the molecule is CC(=O)O.COc1ccc(C(=O)NCc2csc(N(C)C)n2)cc1OCCN. The van der Waals surface area contributed by atoms with Gasteiger partial charge in [0, 0.05) is 38.5 Å². The van der Waals surface area contributed by atoms with Gasteiger partial charge >= 0.3 is 0 Å². The number of thiazole rings is 1. The predicted molar refractivity (Wildman–Crippen MR) is 108 cm³/mol. The number of carbonyl (C=O) groups excluding carboxylic acids is 1. The molecule has 0 unspecified atom stereocenters. The minimum absolute atomic E-state index is 0.199. The summed E-state index contributed by atoms with van der Waals surface area (Å²) in [6.45, 7) is 2.19. The quantitative estimate of drug-likeness (QED) is 0.599. The first-order valence-corrected chi connectivity index (χ1v) is 9.26. The summed E-state index contributed by atoms with van der Waals surface area (Å²) in [5.41, 5.74) is 6.76. The second-order valence-electron chi connectivity index (χ2n) is 5.72. The third-order valence-corrected chi connectivity index (χ3v) is 4.21. The van der Waals surface area contributed by atoms with E-state index >= 15 is 0 Å². The van der Waals surface area contributed by atoms with Crippen molar-refractivity contribution in [2.24, 2.45) is 5.73 Å². The van der Waals surface area contributed by atoms with E-state index in [9.17, 15) is 4.79 Å². The number of nitrogens with one attached hydrogen (secondary N) is 1. The Bertz CT molecular complexity index is 775. The molecule has 2 rings (SSSR count). The number of benzene rings is 1. The number of ether oxygens (including phenoxy) is 2. The van der Waals surface area contributed by atoms with E-state index in [0.717, 1.165) is 17.7 Å². The van der Waals surface area contributed by atoms with E-state index in [0.29, 0.717) is 36.8 Å². The summed E-state index contributed by atoms with van der Waals surface area (Å²) in [6, 6.07) is 5.04. The molecule has 0 spiro atoms. The van der Waals surface area contributed by atoms with Gasteiger partial charge < -0.3 is 30.5 Å². The van der Waals surface area contributed by atoms with Crippen LogP contribution in [0, 0.1) is 0 Å². The van der Waals surface area contributed by atoms with Gasteiger partial charge in [-0.15, -0.1) is 11.3 Å². The van der Waals surface area contributed by atoms with Gasteiger partial charge in [-0.2, -0.15) is 0 Å². The first kappa shape index (κ1) is 23.2. The number of carbonyl (C=O) groups is 2. The van der Waals surface area contributed by atoms with Gasteiger partial charge in [-0.25, -0.2) is 4.98 Å². The standard InChI is InChI=1S/C16H22N4O3S.C2H4O2/c1-20(2)16-19-12(10-24-16)9-18-15(21)11-4-5-13(22-3)14(8-11)23-7-6-17;1-2(3)4/h4-5,8,10H,6-7,9,17H2,1-3H3,(H,18,21);1H3,(H,3,4). The number of hydrogen-bond donors (Lipinski definition) is 3. The van der Waals surface area contributed by atoms with Crippen LogP contribution in [-0.4, -0.2) is 56.3 Å². The summed E-state index contributed by atoms with van der Waals surface area (Å²) >= 11 is 1.54. The Kier molecular flexibility index (Phi) is 9.75. The Labute approximate surface area is 168 Å². The van der Waals surface area contributed by atoms with Crippen LogP contribution >= 0.6 is 11.3 Å². The molecule has 0 aliphatic rings. The number of nitrogens with two attached hydrogens (primary N) is 1. The topological polar surface area (TPSA) is 127 Å². The van der Waals surface area contributed by atoms with Gasteiger partial charge in [0.05, 0.1) is 19.3 Å². The molecule has 0 aliphatic carbocycles. The van der Waals surface area contributed by atoms with Crippen LogP contribution < -0.4 is 25.4 Å². The van der Waals surface area contributed by atoms with Crippen LogP contribution in [0.15, 0.2) is 23.6 Å². The maximum absolute atomic E-state index is 12.3. The Morgan fingerprint density at radius 3 is 2.54 bits per heavy atom. The van der Waals surface area contributed by atoms with E-state index in [-0.39, 0.29) is 5.91 Å². The van der Waals surface area contributed by atoms with Crippen LogP contribution in [0.4, 0.5) is 5.13 Å². The summed E-state index contributed by atoms with van der Waals surface area (Å²) < 4.78 is 10.7. The number of amides is 1. The number of hydrogen-bond acceptors (Lipinski definition) is 8. The van der Waals surface area contributed by atoms with Gasteiger partial charge in [0.25, 0.3) is 11.9 Å². The molecule has 1 aromatic carbocycles. The number of aliphatic carboxylic acids is 1. The fourth-order valence-corrected chi connectivity index (χ4v) is 2.71. The van der Waals surface area contributed by atoms with Gasteiger partial charge in [-0.05, 0) is 18.2 Å². The lowest BCUT2D eigenvalue weighted by atomic mass is 10.2. The lowest BCUT2D eigenvalue weighted by Gasteiger charge is -2.11. The molecule has 0 saturated carbocycles. The Morgan fingerprint density at radius 2 is 2.00 bits per heavy atom. The second kappa shape index (κ2) is 11.8. The monoisotopic (exact) mass is 410 g/mol. The van der Waals surface area contributed by atoms with Crippen molar-refractivity contribution in [2.45, 2.75) is 13.5 Å². The zero-order valence-electron chi connectivity index (χ0n) is 16.4. The first-order valence-electron chi connectivity index (χ1n) is 8.38. The Hall–Kier alpha value is -2.85. The van der Waals surface area contributed by atoms with E-state index in [4.69, 9.17) is 25.1 Å². The van der Waals surface area contributed by atoms with E-state index < -0.39 is 5.97 Å². The fraction of sp³-hybridized carbons (Fsp3) is 0.389. The predicted octanol–water partition coefficient (Wildman–Crippen LogP) is 1.58. The van der Waals surface area contributed by atoms with Crippen LogP contribution in [-0.2, 0) is 11.3 Å². The van der Waals surface area contributed by atoms with Crippen LogP contribution in [0.25, 0.3) is 0 Å². The van der Waals surface area contributed by atoms with Gasteiger partial charge in [0.2, 0.25) is 0 Å². The van der Waals surface area contributed by atoms with Crippen LogP contribution in [0.1, 0.15) is 23.0 Å². The van der Waals surface area contributed by atoms with Crippen molar-refractivity contribution in [3.63, 3.8) is 0 Å². The molecular weight excluding hydrogens is 384 g/mol. The first-order chi connectivity index (χ1) is 13.3. The molecule has 0 atom stereocenters. The third-order valence-electron chi connectivity index (χ3n) is 3.15. The maximum Gasteiger partial charge on any atom is 0.300 e.